The number of hydrazine groups is 1. The molecule has 0 saturated heterocycles. The number of hydrogen-bond acceptors (Lipinski definition) is 5. The molecule has 7 nitrogen and oxygen atoms in total. The van der Waals surface area contributed by atoms with Crippen molar-refractivity contribution in [1.82, 2.24) is 10.9 Å². The second-order valence-electron chi connectivity index (χ2n) is 5.53. The second-order valence-corrected chi connectivity index (χ2v) is 5.53. The fourth-order valence-corrected chi connectivity index (χ4v) is 2.60. The molecular formula is C17H16N2O5. The summed E-state index contributed by atoms with van der Waals surface area (Å²) in [6, 6.07) is 8.52. The first-order chi connectivity index (χ1) is 11.5. The standard InChI is InChI=1S/C17H16N2O5/c1-9-7-13(10(2)23-9)15(20)18-19-16(21)14-8-11-5-3-4-6-12(11)17(22)24-14/h3-7,14H,8H2,1-2H3,(H,18,20)(H,19,21). The molecule has 2 amide bonds. The van der Waals surface area contributed by atoms with Gasteiger partial charge in [-0.25, -0.2) is 4.79 Å². The number of cyclic esters (lactones) is 1. The largest absolute Gasteiger partial charge is 0.466 e. The smallest absolute Gasteiger partial charge is 0.339 e. The maximum absolute atomic E-state index is 12.2. The molecule has 124 valence electrons. The summed E-state index contributed by atoms with van der Waals surface area (Å²) in [5, 5.41) is 0. The average molecular weight is 328 g/mol. The van der Waals surface area contributed by atoms with Gasteiger partial charge in [0.2, 0.25) is 0 Å². The van der Waals surface area contributed by atoms with Gasteiger partial charge in [0, 0.05) is 6.42 Å². The van der Waals surface area contributed by atoms with Crippen LogP contribution in [0.15, 0.2) is 34.7 Å². The molecule has 0 fully saturated rings. The van der Waals surface area contributed by atoms with E-state index in [-0.39, 0.29) is 6.42 Å². The molecule has 0 aliphatic carbocycles. The molecule has 2 aromatic rings. The van der Waals surface area contributed by atoms with E-state index in [4.69, 9.17) is 9.15 Å². The SMILES string of the molecule is Cc1cc(C(=O)NNC(=O)C2Cc3ccccc3C(=O)O2)c(C)o1. The zero-order valence-electron chi connectivity index (χ0n) is 13.2. The van der Waals surface area contributed by atoms with Crippen LogP contribution in [0, 0.1) is 13.8 Å². The summed E-state index contributed by atoms with van der Waals surface area (Å²) in [6.45, 7) is 3.38. The molecule has 7 heteroatoms. The van der Waals surface area contributed by atoms with Gasteiger partial charge in [0.05, 0.1) is 11.1 Å². The lowest BCUT2D eigenvalue weighted by atomic mass is 9.98. The van der Waals surface area contributed by atoms with E-state index >= 15 is 0 Å². The highest BCUT2D eigenvalue weighted by Gasteiger charge is 2.31. The highest BCUT2D eigenvalue weighted by molar-refractivity contribution is 5.98. The van der Waals surface area contributed by atoms with Crippen molar-refractivity contribution in [2.45, 2.75) is 26.4 Å². The van der Waals surface area contributed by atoms with Crippen molar-refractivity contribution in [2.24, 2.45) is 0 Å². The third kappa shape index (κ3) is 3.01. The molecule has 3 rings (SSSR count). The number of aryl methyl sites for hydroxylation is 2. The van der Waals surface area contributed by atoms with Crippen LogP contribution in [0.2, 0.25) is 0 Å². The van der Waals surface area contributed by atoms with E-state index in [9.17, 15) is 14.4 Å². The Morgan fingerprint density at radius 1 is 1.17 bits per heavy atom. The normalized spacial score (nSPS) is 16.1. The maximum Gasteiger partial charge on any atom is 0.339 e. The van der Waals surface area contributed by atoms with Gasteiger partial charge in [0.15, 0.2) is 6.10 Å². The van der Waals surface area contributed by atoms with Crippen molar-refractivity contribution in [1.29, 1.82) is 0 Å². The Balaban J connectivity index is 1.63. The number of ether oxygens (including phenoxy) is 1. The Morgan fingerprint density at radius 3 is 2.62 bits per heavy atom. The van der Waals surface area contributed by atoms with Gasteiger partial charge in [-0.3, -0.25) is 20.4 Å². The van der Waals surface area contributed by atoms with Crippen LogP contribution in [0.5, 0.6) is 0 Å². The molecule has 1 aromatic heterocycles. The van der Waals surface area contributed by atoms with Crippen LogP contribution in [0.1, 0.15) is 37.8 Å². The fraction of sp³-hybridized carbons (Fsp3) is 0.235. The van der Waals surface area contributed by atoms with Crippen molar-refractivity contribution >= 4 is 17.8 Å². The van der Waals surface area contributed by atoms with Crippen LogP contribution < -0.4 is 10.9 Å². The molecule has 2 heterocycles. The molecule has 2 N–H and O–H groups in total. The number of hydrogen-bond donors (Lipinski definition) is 2. The first kappa shape index (κ1) is 15.8. The number of nitrogens with one attached hydrogen (secondary N) is 2. The van der Waals surface area contributed by atoms with Crippen molar-refractivity contribution in [3.63, 3.8) is 0 Å². The summed E-state index contributed by atoms with van der Waals surface area (Å²) in [4.78, 5) is 36.1. The number of furan rings is 1. The van der Waals surface area contributed by atoms with Crippen molar-refractivity contribution in [3.05, 3.63) is 58.5 Å². The van der Waals surface area contributed by atoms with E-state index in [1.54, 1.807) is 44.2 Å². The lowest BCUT2D eigenvalue weighted by Crippen LogP contribution is -2.49. The third-order valence-corrected chi connectivity index (χ3v) is 3.77. The molecular weight excluding hydrogens is 312 g/mol. The molecule has 24 heavy (non-hydrogen) atoms. The molecule has 1 unspecified atom stereocenters. The zero-order valence-corrected chi connectivity index (χ0v) is 13.2. The van der Waals surface area contributed by atoms with Gasteiger partial charge in [-0.2, -0.15) is 0 Å². The number of fused-ring (bicyclic) bond motifs is 1. The number of carbonyl (C=O) groups is 3. The summed E-state index contributed by atoms with van der Waals surface area (Å²) in [7, 11) is 0. The topological polar surface area (TPSA) is 97.6 Å². The van der Waals surface area contributed by atoms with Gasteiger partial charge in [-0.05, 0) is 31.5 Å². The van der Waals surface area contributed by atoms with Crippen LogP contribution in [-0.4, -0.2) is 23.9 Å². The first-order valence-electron chi connectivity index (χ1n) is 7.42. The minimum Gasteiger partial charge on any atom is -0.466 e. The summed E-state index contributed by atoms with van der Waals surface area (Å²) < 4.78 is 10.4. The quantitative estimate of drug-likeness (QED) is 0.642. The first-order valence-corrected chi connectivity index (χ1v) is 7.42. The zero-order chi connectivity index (χ0) is 17.3. The van der Waals surface area contributed by atoms with E-state index in [1.165, 1.54) is 0 Å². The van der Waals surface area contributed by atoms with E-state index in [0.717, 1.165) is 5.56 Å². The molecule has 1 aliphatic heterocycles. The van der Waals surface area contributed by atoms with Crippen molar-refractivity contribution in [2.75, 3.05) is 0 Å². The number of carbonyl (C=O) groups excluding carboxylic acids is 3. The van der Waals surface area contributed by atoms with Gasteiger partial charge in [0.25, 0.3) is 11.8 Å². The molecule has 0 bridgehead atoms. The van der Waals surface area contributed by atoms with E-state index in [1.807, 2.05) is 0 Å². The lowest BCUT2D eigenvalue weighted by molar-refractivity contribution is -0.131. The van der Waals surface area contributed by atoms with Gasteiger partial charge < -0.3 is 9.15 Å². The highest BCUT2D eigenvalue weighted by Crippen LogP contribution is 2.20. The maximum atomic E-state index is 12.2. The number of esters is 1. The van der Waals surface area contributed by atoms with Crippen LogP contribution >= 0.6 is 0 Å². The summed E-state index contributed by atoms with van der Waals surface area (Å²) in [5.74, 6) is -0.590. The van der Waals surface area contributed by atoms with Crippen LogP contribution in [0.25, 0.3) is 0 Å². The van der Waals surface area contributed by atoms with Crippen molar-refractivity contribution in [3.8, 4) is 0 Å². The van der Waals surface area contributed by atoms with Gasteiger partial charge >= 0.3 is 5.97 Å². The van der Waals surface area contributed by atoms with E-state index in [2.05, 4.69) is 10.9 Å². The van der Waals surface area contributed by atoms with E-state index < -0.39 is 23.9 Å². The summed E-state index contributed by atoms with van der Waals surface area (Å²) in [6.07, 6.45) is -0.729. The number of rotatable bonds is 2. The monoisotopic (exact) mass is 328 g/mol. The third-order valence-electron chi connectivity index (χ3n) is 3.77. The fourth-order valence-electron chi connectivity index (χ4n) is 2.60. The van der Waals surface area contributed by atoms with Gasteiger partial charge in [-0.1, -0.05) is 18.2 Å². The Bertz CT molecular complexity index is 824. The molecule has 0 spiro atoms. The molecule has 1 atom stereocenters. The molecule has 1 aromatic carbocycles. The predicted molar refractivity (Wildman–Crippen MR) is 83.1 cm³/mol. The van der Waals surface area contributed by atoms with Crippen LogP contribution in [0.3, 0.4) is 0 Å². The molecule has 0 saturated carbocycles. The number of amides is 2. The van der Waals surface area contributed by atoms with Gasteiger partial charge in [-0.15, -0.1) is 0 Å². The Hall–Kier alpha value is -3.09. The molecule has 0 radical (unpaired) electrons. The van der Waals surface area contributed by atoms with Crippen molar-refractivity contribution < 1.29 is 23.5 Å². The number of benzene rings is 1. The van der Waals surface area contributed by atoms with Crippen LogP contribution in [-0.2, 0) is 16.0 Å². The minimum atomic E-state index is -0.986. The lowest BCUT2D eigenvalue weighted by Gasteiger charge is -2.23. The summed E-state index contributed by atoms with van der Waals surface area (Å²) >= 11 is 0. The van der Waals surface area contributed by atoms with Crippen LogP contribution in [0.4, 0.5) is 0 Å². The Morgan fingerprint density at radius 2 is 1.92 bits per heavy atom. The average Bonchev–Trinajstić information content (AvgIpc) is 2.90. The highest BCUT2D eigenvalue weighted by atomic mass is 16.5. The summed E-state index contributed by atoms with van der Waals surface area (Å²) in [5.41, 5.74) is 6.10. The predicted octanol–water partition coefficient (Wildman–Crippen LogP) is 1.44. The van der Waals surface area contributed by atoms with E-state index in [0.29, 0.717) is 22.6 Å². The molecule has 1 aliphatic rings. The van der Waals surface area contributed by atoms with Gasteiger partial charge in [0.1, 0.15) is 11.5 Å². The minimum absolute atomic E-state index is 0.257. The second kappa shape index (κ2) is 6.19. The Kier molecular flexibility index (Phi) is 4.07. The Labute approximate surface area is 137 Å².